The highest BCUT2D eigenvalue weighted by atomic mass is 16.5. The molecule has 2 saturated heterocycles. The Morgan fingerprint density at radius 1 is 1.39 bits per heavy atom. The molecule has 1 spiro atoms. The zero-order valence-electron chi connectivity index (χ0n) is 11.0. The first-order chi connectivity index (χ1) is 8.73. The molecule has 2 fully saturated rings. The van der Waals surface area contributed by atoms with Crippen molar-refractivity contribution < 1.29 is 4.74 Å². The van der Waals surface area contributed by atoms with Crippen LogP contribution in [0.25, 0.3) is 0 Å². The fourth-order valence-corrected chi connectivity index (χ4v) is 3.32. The molecule has 1 atom stereocenters. The van der Waals surface area contributed by atoms with E-state index in [0.29, 0.717) is 11.5 Å². The molecule has 0 bridgehead atoms. The maximum atomic E-state index is 5.28. The van der Waals surface area contributed by atoms with E-state index in [1.807, 2.05) is 6.07 Å². The number of anilines is 1. The molecule has 0 saturated carbocycles. The number of ether oxygens (including phenoxy) is 1. The van der Waals surface area contributed by atoms with Crippen LogP contribution in [0.5, 0.6) is 0 Å². The minimum absolute atomic E-state index is 0.322. The maximum Gasteiger partial charge on any atom is 0.225 e. The molecule has 0 aromatic carbocycles. The molecule has 0 radical (unpaired) electrons. The zero-order valence-corrected chi connectivity index (χ0v) is 11.0. The summed E-state index contributed by atoms with van der Waals surface area (Å²) in [6.07, 6.45) is 4.83. The van der Waals surface area contributed by atoms with Crippen molar-refractivity contribution in [1.29, 1.82) is 0 Å². The van der Waals surface area contributed by atoms with Crippen molar-refractivity contribution in [3.05, 3.63) is 18.5 Å². The molecular weight excluding hydrogens is 228 g/mol. The number of methoxy groups -OCH3 is 1. The Labute approximate surface area is 108 Å². The van der Waals surface area contributed by atoms with E-state index in [0.717, 1.165) is 32.2 Å². The second-order valence-corrected chi connectivity index (χ2v) is 5.54. The summed E-state index contributed by atoms with van der Waals surface area (Å²) in [5.41, 5.74) is 0.322. The molecule has 2 aliphatic heterocycles. The Morgan fingerprint density at radius 3 is 2.78 bits per heavy atom. The molecule has 0 unspecified atom stereocenters. The van der Waals surface area contributed by atoms with Gasteiger partial charge in [-0.15, -0.1) is 0 Å². The number of hydrogen-bond donors (Lipinski definition) is 0. The van der Waals surface area contributed by atoms with Crippen LogP contribution in [0.1, 0.15) is 6.42 Å². The summed E-state index contributed by atoms with van der Waals surface area (Å²) in [5.74, 6) is 1.52. The quantitative estimate of drug-likeness (QED) is 0.785. The van der Waals surface area contributed by atoms with E-state index < -0.39 is 0 Å². The van der Waals surface area contributed by atoms with Crippen molar-refractivity contribution in [2.45, 2.75) is 12.0 Å². The number of likely N-dealkylation sites (tertiary alicyclic amines) is 1. The first-order valence-corrected chi connectivity index (χ1v) is 6.46. The molecule has 3 rings (SSSR count). The summed E-state index contributed by atoms with van der Waals surface area (Å²) in [7, 11) is 4.01. The molecule has 0 aliphatic carbocycles. The average molecular weight is 248 g/mol. The van der Waals surface area contributed by atoms with E-state index in [-0.39, 0.29) is 0 Å². The summed E-state index contributed by atoms with van der Waals surface area (Å²) in [4.78, 5) is 13.4. The minimum Gasteiger partial charge on any atom is -0.384 e. The summed E-state index contributed by atoms with van der Waals surface area (Å²) in [6, 6.07) is 1.86. The van der Waals surface area contributed by atoms with E-state index >= 15 is 0 Å². The largest absolute Gasteiger partial charge is 0.384 e. The van der Waals surface area contributed by atoms with Gasteiger partial charge in [-0.05, 0) is 25.5 Å². The Morgan fingerprint density at radius 2 is 2.11 bits per heavy atom. The highest BCUT2D eigenvalue weighted by molar-refractivity contribution is 5.38. The fourth-order valence-electron chi connectivity index (χ4n) is 3.32. The Balaban J connectivity index is 1.64. The van der Waals surface area contributed by atoms with Crippen molar-refractivity contribution >= 4 is 5.95 Å². The van der Waals surface area contributed by atoms with Gasteiger partial charge in [-0.1, -0.05) is 0 Å². The predicted molar refractivity (Wildman–Crippen MR) is 69.6 cm³/mol. The smallest absolute Gasteiger partial charge is 0.225 e. The van der Waals surface area contributed by atoms with Crippen LogP contribution < -0.4 is 4.90 Å². The van der Waals surface area contributed by atoms with Crippen LogP contribution in [0.4, 0.5) is 5.95 Å². The zero-order chi connectivity index (χ0) is 12.6. The second-order valence-electron chi connectivity index (χ2n) is 5.54. The first kappa shape index (κ1) is 11.9. The SMILES string of the molecule is COC[C@@H]1CN(C)C2(C1)CN(c1ncccn1)C2. The average Bonchev–Trinajstić information content (AvgIpc) is 2.66. The van der Waals surface area contributed by atoms with Crippen LogP contribution in [-0.2, 0) is 4.74 Å². The van der Waals surface area contributed by atoms with Gasteiger partial charge in [-0.3, -0.25) is 4.90 Å². The van der Waals surface area contributed by atoms with Gasteiger partial charge in [0.1, 0.15) is 0 Å². The van der Waals surface area contributed by atoms with E-state index in [1.165, 1.54) is 6.42 Å². The van der Waals surface area contributed by atoms with Crippen LogP contribution in [0, 0.1) is 5.92 Å². The van der Waals surface area contributed by atoms with Crippen LogP contribution >= 0.6 is 0 Å². The lowest BCUT2D eigenvalue weighted by atomic mass is 9.85. The highest BCUT2D eigenvalue weighted by Gasteiger charge is 2.52. The van der Waals surface area contributed by atoms with Gasteiger partial charge in [0, 0.05) is 39.1 Å². The van der Waals surface area contributed by atoms with Gasteiger partial charge in [-0.2, -0.15) is 0 Å². The molecule has 18 heavy (non-hydrogen) atoms. The van der Waals surface area contributed by atoms with Crippen LogP contribution in [0.15, 0.2) is 18.5 Å². The highest BCUT2D eigenvalue weighted by Crippen LogP contribution is 2.40. The molecule has 5 heteroatoms. The molecule has 98 valence electrons. The van der Waals surface area contributed by atoms with E-state index in [2.05, 4.69) is 26.8 Å². The third-order valence-corrected chi connectivity index (χ3v) is 4.22. The molecule has 1 aromatic heterocycles. The van der Waals surface area contributed by atoms with Crippen LogP contribution in [-0.4, -0.2) is 60.8 Å². The lowest BCUT2D eigenvalue weighted by molar-refractivity contribution is 0.131. The van der Waals surface area contributed by atoms with Crippen molar-refractivity contribution in [2.24, 2.45) is 5.92 Å². The van der Waals surface area contributed by atoms with Crippen molar-refractivity contribution in [1.82, 2.24) is 14.9 Å². The van der Waals surface area contributed by atoms with Gasteiger partial charge < -0.3 is 9.64 Å². The summed E-state index contributed by atoms with van der Waals surface area (Å²) < 4.78 is 5.28. The van der Waals surface area contributed by atoms with Crippen LogP contribution in [0.3, 0.4) is 0 Å². The predicted octanol–water partition coefficient (Wildman–Crippen LogP) is 0.633. The van der Waals surface area contributed by atoms with Gasteiger partial charge in [-0.25, -0.2) is 9.97 Å². The van der Waals surface area contributed by atoms with E-state index in [1.54, 1.807) is 19.5 Å². The van der Waals surface area contributed by atoms with Crippen molar-refractivity contribution in [2.75, 3.05) is 45.3 Å². The third-order valence-electron chi connectivity index (χ3n) is 4.22. The third kappa shape index (κ3) is 1.87. The van der Waals surface area contributed by atoms with E-state index in [4.69, 9.17) is 4.74 Å². The molecule has 2 aliphatic rings. The second kappa shape index (κ2) is 4.48. The van der Waals surface area contributed by atoms with Gasteiger partial charge in [0.15, 0.2) is 0 Å². The number of rotatable bonds is 3. The topological polar surface area (TPSA) is 41.5 Å². The lowest BCUT2D eigenvalue weighted by Crippen LogP contribution is -2.67. The Hall–Kier alpha value is -1.20. The lowest BCUT2D eigenvalue weighted by Gasteiger charge is -2.51. The number of nitrogens with zero attached hydrogens (tertiary/aromatic N) is 4. The van der Waals surface area contributed by atoms with Crippen molar-refractivity contribution in [3.63, 3.8) is 0 Å². The molecule has 0 N–H and O–H groups in total. The van der Waals surface area contributed by atoms with Crippen LogP contribution in [0.2, 0.25) is 0 Å². The van der Waals surface area contributed by atoms with Crippen molar-refractivity contribution in [3.8, 4) is 0 Å². The molecule has 0 amide bonds. The summed E-state index contributed by atoms with van der Waals surface area (Å²) >= 11 is 0. The van der Waals surface area contributed by atoms with Gasteiger partial charge in [0.2, 0.25) is 5.95 Å². The standard InChI is InChI=1S/C13H20N4O/c1-16-7-11(8-18-2)6-13(16)9-17(10-13)12-14-4-3-5-15-12/h3-5,11H,6-10H2,1-2H3/t11-/m0/s1. The molecule has 5 nitrogen and oxygen atoms in total. The number of likely N-dealkylation sites (N-methyl/N-ethyl adjacent to an activating group) is 1. The monoisotopic (exact) mass is 248 g/mol. The molecular formula is C13H20N4O. The summed E-state index contributed by atoms with van der Waals surface area (Å²) in [6.45, 7) is 4.08. The molecule has 1 aromatic rings. The first-order valence-electron chi connectivity index (χ1n) is 6.46. The van der Waals surface area contributed by atoms with E-state index in [9.17, 15) is 0 Å². The number of hydrogen-bond acceptors (Lipinski definition) is 5. The van der Waals surface area contributed by atoms with Gasteiger partial charge >= 0.3 is 0 Å². The van der Waals surface area contributed by atoms with Gasteiger partial charge in [0.25, 0.3) is 0 Å². The minimum atomic E-state index is 0.322. The Bertz CT molecular complexity index is 405. The molecule has 3 heterocycles. The normalized spacial score (nSPS) is 26.6. The fraction of sp³-hybridized carbons (Fsp3) is 0.692. The number of aromatic nitrogens is 2. The Kier molecular flexibility index (Phi) is 2.95. The van der Waals surface area contributed by atoms with Gasteiger partial charge in [0.05, 0.1) is 12.1 Å². The summed E-state index contributed by atoms with van der Waals surface area (Å²) in [5, 5.41) is 0. The maximum absolute atomic E-state index is 5.28.